The smallest absolute Gasteiger partial charge is 0.336 e. The van der Waals surface area contributed by atoms with Gasteiger partial charge < -0.3 is 15.7 Å². The number of aromatic carboxylic acids is 1. The summed E-state index contributed by atoms with van der Waals surface area (Å²) in [7, 11) is 0. The van der Waals surface area contributed by atoms with Gasteiger partial charge in [0.2, 0.25) is 5.91 Å². The maximum absolute atomic E-state index is 13.5. The average molecular weight is 448 g/mol. The number of aromatic nitrogens is 1. The van der Waals surface area contributed by atoms with Crippen LogP contribution in [0.5, 0.6) is 0 Å². The molecule has 7 nitrogen and oxygen atoms in total. The molecule has 2 aromatic carbocycles. The summed E-state index contributed by atoms with van der Waals surface area (Å²) in [6.45, 7) is 7.99. The molecular formula is C26H29N3O4. The summed E-state index contributed by atoms with van der Waals surface area (Å²) in [4.78, 5) is 37.7. The fourth-order valence-electron chi connectivity index (χ4n) is 4.22. The number of carbonyl (C=O) groups excluding carboxylic acids is 2. The number of carboxylic acids is 1. The summed E-state index contributed by atoms with van der Waals surface area (Å²) in [5, 5.41) is 16.9. The zero-order valence-electron chi connectivity index (χ0n) is 19.4. The molecule has 0 atom stereocenters. The SMILES string of the molecule is CC(=O)n1cc(C(=O)Nc2c(NCC3CC3)ccc(C(=O)O)c2C(C)(C)C)c2ccccc21. The molecule has 3 N–H and O–H groups in total. The van der Waals surface area contributed by atoms with Crippen LogP contribution in [0, 0.1) is 5.92 Å². The van der Waals surface area contributed by atoms with E-state index >= 15 is 0 Å². The molecule has 1 saturated carbocycles. The van der Waals surface area contributed by atoms with E-state index < -0.39 is 17.3 Å². The third-order valence-electron chi connectivity index (χ3n) is 6.00. The van der Waals surface area contributed by atoms with Crippen LogP contribution in [0.15, 0.2) is 42.6 Å². The highest BCUT2D eigenvalue weighted by Crippen LogP contribution is 2.39. The van der Waals surface area contributed by atoms with Crippen LogP contribution in [-0.4, -0.2) is 34.0 Å². The van der Waals surface area contributed by atoms with Gasteiger partial charge in [-0.15, -0.1) is 0 Å². The van der Waals surface area contributed by atoms with Crippen LogP contribution in [-0.2, 0) is 5.41 Å². The highest BCUT2D eigenvalue weighted by atomic mass is 16.4. The third kappa shape index (κ3) is 4.49. The molecule has 0 saturated heterocycles. The van der Waals surface area contributed by atoms with Crippen molar-refractivity contribution >= 4 is 40.1 Å². The Morgan fingerprint density at radius 1 is 1.06 bits per heavy atom. The zero-order valence-corrected chi connectivity index (χ0v) is 19.4. The Kier molecular flexibility index (Phi) is 5.74. The quantitative estimate of drug-likeness (QED) is 0.472. The van der Waals surface area contributed by atoms with Crippen molar-refractivity contribution in [1.29, 1.82) is 0 Å². The Labute approximate surface area is 192 Å². The molecule has 0 bridgehead atoms. The van der Waals surface area contributed by atoms with Gasteiger partial charge in [-0.2, -0.15) is 0 Å². The maximum atomic E-state index is 13.5. The van der Waals surface area contributed by atoms with Gasteiger partial charge >= 0.3 is 5.97 Å². The summed E-state index contributed by atoms with van der Waals surface area (Å²) in [6, 6.07) is 10.5. The maximum Gasteiger partial charge on any atom is 0.336 e. The molecule has 1 aliphatic rings. The van der Waals surface area contributed by atoms with Crippen LogP contribution in [0.4, 0.5) is 11.4 Å². The molecule has 1 aliphatic carbocycles. The van der Waals surface area contributed by atoms with Gasteiger partial charge in [-0.05, 0) is 47.9 Å². The van der Waals surface area contributed by atoms with Crippen LogP contribution in [0.2, 0.25) is 0 Å². The minimum atomic E-state index is -1.04. The molecule has 7 heteroatoms. The second-order valence-electron chi connectivity index (χ2n) is 9.69. The number of nitrogens with zero attached hydrogens (tertiary/aromatic N) is 1. The van der Waals surface area contributed by atoms with E-state index in [2.05, 4.69) is 10.6 Å². The number of benzene rings is 2. The number of hydrogen-bond acceptors (Lipinski definition) is 4. The summed E-state index contributed by atoms with van der Waals surface area (Å²) >= 11 is 0. The summed E-state index contributed by atoms with van der Waals surface area (Å²) in [5.41, 5.74) is 2.33. The first-order valence-electron chi connectivity index (χ1n) is 11.1. The monoisotopic (exact) mass is 447 g/mol. The van der Waals surface area contributed by atoms with Crippen molar-refractivity contribution in [1.82, 2.24) is 4.57 Å². The normalized spacial score (nSPS) is 13.7. The first-order valence-corrected chi connectivity index (χ1v) is 11.1. The molecular weight excluding hydrogens is 418 g/mol. The highest BCUT2D eigenvalue weighted by Gasteiger charge is 2.30. The van der Waals surface area contributed by atoms with E-state index in [9.17, 15) is 19.5 Å². The molecule has 3 aromatic rings. The second kappa shape index (κ2) is 8.39. The van der Waals surface area contributed by atoms with E-state index in [4.69, 9.17) is 0 Å². The van der Waals surface area contributed by atoms with E-state index in [1.54, 1.807) is 24.3 Å². The van der Waals surface area contributed by atoms with Crippen LogP contribution in [0.25, 0.3) is 10.9 Å². The van der Waals surface area contributed by atoms with Gasteiger partial charge in [0.1, 0.15) is 0 Å². The van der Waals surface area contributed by atoms with Crippen LogP contribution in [0.3, 0.4) is 0 Å². The van der Waals surface area contributed by atoms with Crippen LogP contribution in [0.1, 0.15) is 71.6 Å². The van der Waals surface area contributed by atoms with Crippen LogP contribution < -0.4 is 10.6 Å². The summed E-state index contributed by atoms with van der Waals surface area (Å²) in [5.74, 6) is -1.04. The first-order chi connectivity index (χ1) is 15.6. The molecule has 1 amide bonds. The van der Waals surface area contributed by atoms with Crippen molar-refractivity contribution in [3.8, 4) is 0 Å². The van der Waals surface area contributed by atoms with Gasteiger partial charge in [0.25, 0.3) is 5.91 Å². The molecule has 0 unspecified atom stereocenters. The predicted octanol–water partition coefficient (Wildman–Crippen LogP) is 5.37. The van der Waals surface area contributed by atoms with E-state index in [0.29, 0.717) is 39.3 Å². The third-order valence-corrected chi connectivity index (χ3v) is 6.00. The van der Waals surface area contributed by atoms with Crippen molar-refractivity contribution in [2.24, 2.45) is 5.92 Å². The number of amides is 1. The molecule has 1 heterocycles. The zero-order chi connectivity index (χ0) is 23.9. The number of hydrogen-bond donors (Lipinski definition) is 3. The van der Waals surface area contributed by atoms with Gasteiger partial charge in [0.05, 0.1) is 28.0 Å². The Morgan fingerprint density at radius 3 is 2.36 bits per heavy atom. The first kappa shape index (κ1) is 22.6. The molecule has 1 fully saturated rings. The number of fused-ring (bicyclic) bond motifs is 1. The molecule has 0 aliphatic heterocycles. The Bertz CT molecular complexity index is 1260. The minimum absolute atomic E-state index is 0.154. The van der Waals surface area contributed by atoms with Gasteiger partial charge in [0.15, 0.2) is 0 Å². The van der Waals surface area contributed by atoms with Crippen molar-refractivity contribution in [3.63, 3.8) is 0 Å². The summed E-state index contributed by atoms with van der Waals surface area (Å²) in [6.07, 6.45) is 3.87. The van der Waals surface area contributed by atoms with Crippen molar-refractivity contribution in [3.05, 3.63) is 59.3 Å². The average Bonchev–Trinajstić information content (AvgIpc) is 3.49. The molecule has 172 valence electrons. The van der Waals surface area contributed by atoms with Gasteiger partial charge in [-0.3, -0.25) is 14.2 Å². The van der Waals surface area contributed by atoms with E-state index in [-0.39, 0.29) is 11.5 Å². The molecule has 0 spiro atoms. The topological polar surface area (TPSA) is 100 Å². The second-order valence-corrected chi connectivity index (χ2v) is 9.69. The van der Waals surface area contributed by atoms with Gasteiger partial charge in [-0.1, -0.05) is 39.0 Å². The Morgan fingerprint density at radius 2 is 1.76 bits per heavy atom. The molecule has 33 heavy (non-hydrogen) atoms. The number of rotatable bonds is 6. The fraction of sp³-hybridized carbons (Fsp3) is 0.346. The lowest BCUT2D eigenvalue weighted by molar-refractivity contribution is 0.0693. The number of anilines is 2. The predicted molar refractivity (Wildman–Crippen MR) is 130 cm³/mol. The van der Waals surface area contributed by atoms with Crippen molar-refractivity contribution < 1.29 is 19.5 Å². The van der Waals surface area contributed by atoms with E-state index in [0.717, 1.165) is 6.54 Å². The van der Waals surface area contributed by atoms with Crippen molar-refractivity contribution in [2.75, 3.05) is 17.2 Å². The number of para-hydroxylation sites is 1. The number of carbonyl (C=O) groups is 3. The largest absolute Gasteiger partial charge is 0.478 e. The highest BCUT2D eigenvalue weighted by molar-refractivity contribution is 6.16. The van der Waals surface area contributed by atoms with E-state index in [1.807, 2.05) is 32.9 Å². The molecule has 0 radical (unpaired) electrons. The lowest BCUT2D eigenvalue weighted by Crippen LogP contribution is -2.24. The standard InChI is InChI=1S/C26H29N3O4/c1-15(30)29-14-19(17-7-5-6-8-21(17)29)24(31)28-23-20(27-13-16-9-10-16)12-11-18(25(32)33)22(23)26(2,3)4/h5-8,11-12,14,16,27H,9-10,13H2,1-4H3,(H,28,31)(H,32,33). The summed E-state index contributed by atoms with van der Waals surface area (Å²) < 4.78 is 1.45. The van der Waals surface area contributed by atoms with Gasteiger partial charge in [-0.25, -0.2) is 4.79 Å². The van der Waals surface area contributed by atoms with Gasteiger partial charge in [0, 0.05) is 25.1 Å². The number of carboxylic acid groups (broad SMARTS) is 1. The lowest BCUT2D eigenvalue weighted by Gasteiger charge is -2.27. The Hall–Kier alpha value is -3.61. The van der Waals surface area contributed by atoms with Crippen molar-refractivity contribution in [2.45, 2.75) is 46.0 Å². The van der Waals surface area contributed by atoms with Crippen LogP contribution >= 0.6 is 0 Å². The lowest BCUT2D eigenvalue weighted by atomic mass is 9.81. The fourth-order valence-corrected chi connectivity index (χ4v) is 4.22. The molecule has 4 rings (SSSR count). The number of nitrogens with one attached hydrogen (secondary N) is 2. The minimum Gasteiger partial charge on any atom is -0.478 e. The Balaban J connectivity index is 1.83. The molecule has 1 aromatic heterocycles. The van der Waals surface area contributed by atoms with E-state index in [1.165, 1.54) is 30.5 Å².